The van der Waals surface area contributed by atoms with Gasteiger partial charge in [0.2, 0.25) is 0 Å². The molecule has 5 rings (SSSR count). The molecule has 9 heteroatoms. The third-order valence-corrected chi connectivity index (χ3v) is 5.99. The molecule has 8 nitrogen and oxygen atoms in total. The normalized spacial score (nSPS) is 16.0. The number of hydrogen-bond acceptors (Lipinski definition) is 7. The van der Waals surface area contributed by atoms with Crippen LogP contribution >= 0.6 is 11.6 Å². The van der Waals surface area contributed by atoms with Crippen molar-refractivity contribution in [2.75, 3.05) is 25.4 Å². The number of halogens is 1. The molecule has 1 aromatic carbocycles. The van der Waals surface area contributed by atoms with Gasteiger partial charge in [0, 0.05) is 30.4 Å². The fourth-order valence-electron chi connectivity index (χ4n) is 4.03. The molecule has 0 aliphatic carbocycles. The lowest BCUT2D eigenvalue weighted by atomic mass is 10.0. The van der Waals surface area contributed by atoms with Gasteiger partial charge in [0.05, 0.1) is 17.1 Å². The van der Waals surface area contributed by atoms with Crippen molar-refractivity contribution in [3.63, 3.8) is 0 Å². The summed E-state index contributed by atoms with van der Waals surface area (Å²) < 4.78 is 7.69. The number of nitrogens with two attached hydrogens (primary N) is 1. The average Bonchev–Trinajstić information content (AvgIpc) is 3.46. The van der Waals surface area contributed by atoms with E-state index in [4.69, 9.17) is 27.1 Å². The Labute approximate surface area is 190 Å². The molecule has 0 saturated carbocycles. The van der Waals surface area contributed by atoms with E-state index in [0.29, 0.717) is 40.5 Å². The van der Waals surface area contributed by atoms with Gasteiger partial charge in [-0.15, -0.1) is 0 Å². The van der Waals surface area contributed by atoms with Crippen LogP contribution in [0.3, 0.4) is 0 Å². The van der Waals surface area contributed by atoms with Gasteiger partial charge in [-0.25, -0.2) is 9.97 Å². The monoisotopic (exact) mass is 449 g/mol. The number of nitrogens with zero attached hydrogens (tertiary/aromatic N) is 5. The van der Waals surface area contributed by atoms with Crippen molar-refractivity contribution in [1.82, 2.24) is 30.0 Å². The van der Waals surface area contributed by atoms with Crippen LogP contribution in [0.15, 0.2) is 42.7 Å². The Morgan fingerprint density at radius 3 is 2.94 bits per heavy atom. The highest BCUT2D eigenvalue weighted by Crippen LogP contribution is 2.36. The summed E-state index contributed by atoms with van der Waals surface area (Å²) in [5, 5.41) is 9.33. The second-order valence-electron chi connectivity index (χ2n) is 8.02. The van der Waals surface area contributed by atoms with Crippen molar-refractivity contribution >= 4 is 28.3 Å². The van der Waals surface area contributed by atoms with Crippen LogP contribution in [0.5, 0.6) is 5.88 Å². The van der Waals surface area contributed by atoms with Crippen molar-refractivity contribution in [2.24, 2.45) is 13.0 Å². The molecule has 4 aromatic rings. The average molecular weight is 450 g/mol. The van der Waals surface area contributed by atoms with Gasteiger partial charge in [0.15, 0.2) is 5.82 Å². The molecule has 1 aliphatic heterocycles. The predicted octanol–water partition coefficient (Wildman–Crippen LogP) is 3.71. The second kappa shape index (κ2) is 8.72. The molecule has 4 heterocycles. The summed E-state index contributed by atoms with van der Waals surface area (Å²) in [5.74, 6) is 1.18. The fourth-order valence-corrected chi connectivity index (χ4v) is 4.30. The lowest BCUT2D eigenvalue weighted by Crippen LogP contribution is -2.13. The number of hydrogen-bond donors (Lipinski definition) is 2. The Morgan fingerprint density at radius 1 is 1.25 bits per heavy atom. The van der Waals surface area contributed by atoms with Crippen LogP contribution in [0, 0.1) is 5.92 Å². The van der Waals surface area contributed by atoms with Crippen LogP contribution in [0.2, 0.25) is 5.02 Å². The van der Waals surface area contributed by atoms with Crippen LogP contribution in [-0.4, -0.2) is 44.4 Å². The second-order valence-corrected chi connectivity index (χ2v) is 8.42. The number of rotatable bonds is 6. The smallest absolute Gasteiger partial charge is 0.257 e. The van der Waals surface area contributed by atoms with Gasteiger partial charge >= 0.3 is 0 Å². The molecule has 1 atom stereocenters. The molecule has 1 fully saturated rings. The summed E-state index contributed by atoms with van der Waals surface area (Å²) in [6, 6.07) is 9.57. The summed E-state index contributed by atoms with van der Waals surface area (Å²) in [6.45, 7) is 2.63. The topological polar surface area (TPSA) is 104 Å². The maximum atomic E-state index is 6.55. The molecular weight excluding hydrogens is 426 g/mol. The standard InChI is InChI=1S/C23H24ClN7O/c1-31-9-5-18(30-31)21-20(16-11-15-3-2-7-27-19(15)17(24)12-16)29-23(22(25)28-21)32-10-6-14-4-8-26-13-14/h2-3,5,7,9,11-12,14,26H,4,6,8,10,13H2,1H3,(H2,25,28). The molecule has 1 unspecified atom stereocenters. The van der Waals surface area contributed by atoms with E-state index in [2.05, 4.69) is 20.4 Å². The Bertz CT molecular complexity index is 1270. The summed E-state index contributed by atoms with van der Waals surface area (Å²) in [4.78, 5) is 13.8. The van der Waals surface area contributed by atoms with Crippen LogP contribution in [0.1, 0.15) is 12.8 Å². The van der Waals surface area contributed by atoms with Gasteiger partial charge in [-0.2, -0.15) is 5.10 Å². The number of ether oxygens (including phenoxy) is 1. The van der Waals surface area contributed by atoms with Crippen LogP contribution in [0.25, 0.3) is 33.5 Å². The molecule has 0 bridgehead atoms. The maximum absolute atomic E-state index is 6.55. The Hall–Kier alpha value is -3.23. The Balaban J connectivity index is 1.56. The van der Waals surface area contributed by atoms with Gasteiger partial charge in [0.25, 0.3) is 5.88 Å². The highest BCUT2D eigenvalue weighted by molar-refractivity contribution is 6.35. The highest BCUT2D eigenvalue weighted by atomic mass is 35.5. The lowest BCUT2D eigenvalue weighted by Gasteiger charge is -2.14. The van der Waals surface area contributed by atoms with E-state index in [1.165, 1.54) is 0 Å². The molecular formula is C23H24ClN7O. The minimum Gasteiger partial charge on any atom is -0.475 e. The molecule has 164 valence electrons. The predicted molar refractivity (Wildman–Crippen MR) is 125 cm³/mol. The van der Waals surface area contributed by atoms with Crippen LogP contribution in [0.4, 0.5) is 5.82 Å². The third-order valence-electron chi connectivity index (χ3n) is 5.70. The van der Waals surface area contributed by atoms with Crippen molar-refractivity contribution in [1.29, 1.82) is 0 Å². The van der Waals surface area contributed by atoms with E-state index >= 15 is 0 Å². The molecule has 32 heavy (non-hydrogen) atoms. The van der Waals surface area contributed by atoms with E-state index in [0.717, 1.165) is 42.4 Å². The Morgan fingerprint density at radius 2 is 2.16 bits per heavy atom. The zero-order valence-corrected chi connectivity index (χ0v) is 18.5. The van der Waals surface area contributed by atoms with E-state index in [1.54, 1.807) is 10.9 Å². The molecule has 1 aliphatic rings. The fraction of sp³-hybridized carbons (Fsp3) is 0.304. The first-order chi connectivity index (χ1) is 15.6. The van der Waals surface area contributed by atoms with Crippen LogP contribution in [-0.2, 0) is 7.05 Å². The molecule has 3 aromatic heterocycles. The van der Waals surface area contributed by atoms with E-state index in [9.17, 15) is 0 Å². The van der Waals surface area contributed by atoms with Gasteiger partial charge in [0.1, 0.15) is 17.1 Å². The summed E-state index contributed by atoms with van der Waals surface area (Å²) in [5.41, 5.74) is 9.65. The van der Waals surface area contributed by atoms with Crippen molar-refractivity contribution in [3.8, 4) is 28.5 Å². The van der Waals surface area contributed by atoms with Crippen LogP contribution < -0.4 is 15.8 Å². The number of aromatic nitrogens is 5. The number of nitrogen functional groups attached to an aromatic ring is 1. The largest absolute Gasteiger partial charge is 0.475 e. The number of fused-ring (bicyclic) bond motifs is 1. The minimum atomic E-state index is 0.243. The first-order valence-electron chi connectivity index (χ1n) is 10.6. The Kier molecular flexibility index (Phi) is 5.63. The molecule has 0 amide bonds. The van der Waals surface area contributed by atoms with E-state index in [1.807, 2.05) is 43.6 Å². The number of nitrogens with one attached hydrogen (secondary N) is 1. The number of pyridine rings is 1. The van der Waals surface area contributed by atoms with Crippen molar-refractivity contribution < 1.29 is 4.74 Å². The van der Waals surface area contributed by atoms with Gasteiger partial charge in [-0.1, -0.05) is 17.7 Å². The molecule has 1 saturated heterocycles. The van der Waals surface area contributed by atoms with E-state index < -0.39 is 0 Å². The quantitative estimate of drug-likeness (QED) is 0.462. The minimum absolute atomic E-state index is 0.243. The number of benzene rings is 1. The SMILES string of the molecule is Cn1ccc(-c2nc(N)c(OCCC3CCNC3)nc2-c2cc(Cl)c3ncccc3c2)n1. The van der Waals surface area contributed by atoms with Gasteiger partial charge in [-0.05, 0) is 56.1 Å². The zero-order chi connectivity index (χ0) is 22.1. The molecule has 3 N–H and O–H groups in total. The number of anilines is 1. The maximum Gasteiger partial charge on any atom is 0.257 e. The highest BCUT2D eigenvalue weighted by Gasteiger charge is 2.20. The van der Waals surface area contributed by atoms with Crippen molar-refractivity contribution in [2.45, 2.75) is 12.8 Å². The first kappa shape index (κ1) is 20.7. The zero-order valence-electron chi connectivity index (χ0n) is 17.8. The summed E-state index contributed by atoms with van der Waals surface area (Å²) in [7, 11) is 1.86. The molecule has 0 radical (unpaired) electrons. The summed E-state index contributed by atoms with van der Waals surface area (Å²) in [6.07, 6.45) is 5.69. The van der Waals surface area contributed by atoms with Gasteiger partial charge in [-0.3, -0.25) is 9.67 Å². The number of aryl methyl sites for hydroxylation is 1. The lowest BCUT2D eigenvalue weighted by molar-refractivity contribution is 0.275. The molecule has 0 spiro atoms. The van der Waals surface area contributed by atoms with Gasteiger partial charge < -0.3 is 15.8 Å². The van der Waals surface area contributed by atoms with E-state index in [-0.39, 0.29) is 5.82 Å². The third kappa shape index (κ3) is 4.11. The first-order valence-corrected chi connectivity index (χ1v) is 11.0. The van der Waals surface area contributed by atoms with Crippen molar-refractivity contribution in [3.05, 3.63) is 47.7 Å². The summed E-state index contributed by atoms with van der Waals surface area (Å²) >= 11 is 6.55.